The fraction of sp³-hybridized carbons (Fsp3) is 0.444. The van der Waals surface area contributed by atoms with Crippen molar-refractivity contribution in [2.24, 2.45) is 5.92 Å². The Morgan fingerprint density at radius 1 is 1.41 bits per heavy atom. The molecule has 1 fully saturated rings. The molecule has 0 bridgehead atoms. The highest BCUT2D eigenvalue weighted by atomic mass is 32.2. The molecular formula is C18H22N2OS. The lowest BCUT2D eigenvalue weighted by Gasteiger charge is -2.30. The summed E-state index contributed by atoms with van der Waals surface area (Å²) >= 11 is 1.56. The van der Waals surface area contributed by atoms with Gasteiger partial charge in [-0.05, 0) is 43.4 Å². The minimum atomic E-state index is 0.242. The number of carbonyl (C=O) groups is 1. The molecule has 3 rings (SSSR count). The van der Waals surface area contributed by atoms with Gasteiger partial charge in [-0.2, -0.15) is 0 Å². The van der Waals surface area contributed by atoms with Crippen LogP contribution in [0, 0.1) is 12.8 Å². The zero-order valence-electron chi connectivity index (χ0n) is 13.2. The van der Waals surface area contributed by atoms with Crippen LogP contribution in [0.4, 0.5) is 0 Å². The minimum Gasteiger partial charge on any atom is -0.342 e. The second kappa shape index (κ2) is 6.69. The van der Waals surface area contributed by atoms with E-state index in [1.807, 2.05) is 23.1 Å². The van der Waals surface area contributed by atoms with Crippen LogP contribution in [-0.4, -0.2) is 34.6 Å². The smallest absolute Gasteiger partial charge is 0.232 e. The van der Waals surface area contributed by atoms with Gasteiger partial charge in [0, 0.05) is 18.5 Å². The first kappa shape index (κ1) is 15.3. The molecule has 22 heavy (non-hydrogen) atoms. The Labute approximate surface area is 136 Å². The van der Waals surface area contributed by atoms with Crippen LogP contribution < -0.4 is 0 Å². The van der Waals surface area contributed by atoms with Crippen molar-refractivity contribution >= 4 is 28.6 Å². The molecule has 0 radical (unpaired) electrons. The highest BCUT2D eigenvalue weighted by Crippen LogP contribution is 2.25. The van der Waals surface area contributed by atoms with E-state index < -0.39 is 0 Å². The van der Waals surface area contributed by atoms with Crippen LogP contribution in [0.25, 0.3) is 10.9 Å². The summed E-state index contributed by atoms with van der Waals surface area (Å²) in [5, 5.41) is 2.12. The molecule has 1 saturated heterocycles. The number of aryl methyl sites for hydroxylation is 1. The lowest BCUT2D eigenvalue weighted by Crippen LogP contribution is -2.40. The molecule has 116 valence electrons. The number of rotatable bonds is 3. The van der Waals surface area contributed by atoms with Gasteiger partial charge in [-0.15, -0.1) is 0 Å². The molecule has 0 saturated carbocycles. The summed E-state index contributed by atoms with van der Waals surface area (Å²) in [6, 6.07) is 10.3. The average Bonchev–Trinajstić information content (AvgIpc) is 2.52. The first-order valence-electron chi connectivity index (χ1n) is 7.90. The summed E-state index contributed by atoms with van der Waals surface area (Å²) in [4.78, 5) is 19.1. The van der Waals surface area contributed by atoms with E-state index in [1.165, 1.54) is 6.42 Å². The monoisotopic (exact) mass is 314 g/mol. The van der Waals surface area contributed by atoms with Crippen LogP contribution >= 0.6 is 11.8 Å². The molecule has 0 aliphatic carbocycles. The van der Waals surface area contributed by atoms with Crippen molar-refractivity contribution < 1.29 is 4.79 Å². The van der Waals surface area contributed by atoms with Gasteiger partial charge in [0.2, 0.25) is 5.91 Å². The predicted octanol–water partition coefficient (Wildman–Crippen LogP) is 3.89. The van der Waals surface area contributed by atoms with Gasteiger partial charge < -0.3 is 4.90 Å². The Morgan fingerprint density at radius 2 is 2.23 bits per heavy atom. The van der Waals surface area contributed by atoms with Crippen molar-refractivity contribution in [1.29, 1.82) is 0 Å². The zero-order valence-corrected chi connectivity index (χ0v) is 14.0. The first-order valence-corrected chi connectivity index (χ1v) is 8.89. The van der Waals surface area contributed by atoms with E-state index in [4.69, 9.17) is 4.98 Å². The van der Waals surface area contributed by atoms with Gasteiger partial charge in [0.25, 0.3) is 0 Å². The van der Waals surface area contributed by atoms with Gasteiger partial charge in [-0.3, -0.25) is 4.79 Å². The number of thioether (sulfide) groups is 1. The number of pyridine rings is 1. The van der Waals surface area contributed by atoms with Gasteiger partial charge in [-0.25, -0.2) is 4.98 Å². The van der Waals surface area contributed by atoms with E-state index in [0.29, 0.717) is 11.7 Å². The second-order valence-electron chi connectivity index (χ2n) is 6.18. The number of nitrogens with zero attached hydrogens (tertiary/aromatic N) is 2. The van der Waals surface area contributed by atoms with E-state index in [2.05, 4.69) is 26.0 Å². The van der Waals surface area contributed by atoms with Gasteiger partial charge in [0.1, 0.15) is 5.03 Å². The number of likely N-dealkylation sites (tertiary alicyclic amines) is 1. The molecule has 1 aliphatic rings. The third kappa shape index (κ3) is 3.43. The number of fused-ring (bicyclic) bond motifs is 1. The number of piperidine rings is 1. The van der Waals surface area contributed by atoms with E-state index in [0.717, 1.165) is 41.0 Å². The molecule has 3 nitrogen and oxygen atoms in total. The molecule has 1 aliphatic heterocycles. The molecule has 2 heterocycles. The maximum absolute atomic E-state index is 12.4. The van der Waals surface area contributed by atoms with Crippen molar-refractivity contribution in [1.82, 2.24) is 9.88 Å². The minimum absolute atomic E-state index is 0.242. The zero-order chi connectivity index (χ0) is 15.5. The molecule has 1 unspecified atom stereocenters. The van der Waals surface area contributed by atoms with Gasteiger partial charge >= 0.3 is 0 Å². The van der Waals surface area contributed by atoms with Crippen LogP contribution in [0.1, 0.15) is 25.3 Å². The summed E-state index contributed by atoms with van der Waals surface area (Å²) in [7, 11) is 0. The molecule has 0 spiro atoms. The van der Waals surface area contributed by atoms with E-state index >= 15 is 0 Å². The first-order chi connectivity index (χ1) is 10.6. The van der Waals surface area contributed by atoms with Crippen molar-refractivity contribution in [2.45, 2.75) is 31.7 Å². The average molecular weight is 314 g/mol. The fourth-order valence-corrected chi connectivity index (χ4v) is 3.88. The SMILES string of the molecule is Cc1cc2ccccc2nc1SCC(=O)N1CCCC(C)C1. The van der Waals surface area contributed by atoms with E-state index in [9.17, 15) is 4.79 Å². The summed E-state index contributed by atoms with van der Waals surface area (Å²) in [5.41, 5.74) is 2.14. The largest absolute Gasteiger partial charge is 0.342 e. The lowest BCUT2D eigenvalue weighted by molar-refractivity contribution is -0.130. The Balaban J connectivity index is 1.68. The summed E-state index contributed by atoms with van der Waals surface area (Å²) in [6.07, 6.45) is 2.37. The highest BCUT2D eigenvalue weighted by molar-refractivity contribution is 7.99. The topological polar surface area (TPSA) is 33.2 Å². The normalized spacial score (nSPS) is 18.6. The van der Waals surface area contributed by atoms with Gasteiger partial charge in [0.15, 0.2) is 0 Å². The standard InChI is InChI=1S/C18H22N2OS/c1-13-6-5-9-20(11-13)17(21)12-22-18-14(2)10-15-7-3-4-8-16(15)19-18/h3-4,7-8,10,13H,5-6,9,11-12H2,1-2H3. The number of carbonyl (C=O) groups excluding carboxylic acids is 1. The highest BCUT2D eigenvalue weighted by Gasteiger charge is 2.21. The quantitative estimate of drug-likeness (QED) is 0.806. The van der Waals surface area contributed by atoms with Crippen molar-refractivity contribution in [3.8, 4) is 0 Å². The number of hydrogen-bond acceptors (Lipinski definition) is 3. The number of para-hydroxylation sites is 1. The Hall–Kier alpha value is -1.55. The molecule has 4 heteroatoms. The van der Waals surface area contributed by atoms with Crippen LogP contribution in [0.3, 0.4) is 0 Å². The number of aromatic nitrogens is 1. The van der Waals surface area contributed by atoms with Crippen LogP contribution in [0.5, 0.6) is 0 Å². The maximum Gasteiger partial charge on any atom is 0.232 e. The van der Waals surface area contributed by atoms with E-state index in [-0.39, 0.29) is 5.91 Å². The van der Waals surface area contributed by atoms with Gasteiger partial charge in [-0.1, -0.05) is 36.9 Å². The number of amides is 1. The lowest BCUT2D eigenvalue weighted by atomic mass is 10.0. The summed E-state index contributed by atoms with van der Waals surface area (Å²) in [6.45, 7) is 6.11. The summed E-state index contributed by atoms with van der Waals surface area (Å²) in [5.74, 6) is 1.35. The third-order valence-corrected chi connectivity index (χ3v) is 5.29. The molecule has 1 amide bonds. The van der Waals surface area contributed by atoms with Crippen LogP contribution in [-0.2, 0) is 4.79 Å². The van der Waals surface area contributed by atoms with Crippen molar-refractivity contribution in [2.75, 3.05) is 18.8 Å². The van der Waals surface area contributed by atoms with Crippen molar-refractivity contribution in [3.63, 3.8) is 0 Å². The maximum atomic E-state index is 12.4. The fourth-order valence-electron chi connectivity index (χ4n) is 2.99. The molecule has 1 atom stereocenters. The number of benzene rings is 1. The third-order valence-electron chi connectivity index (χ3n) is 4.21. The Morgan fingerprint density at radius 3 is 3.05 bits per heavy atom. The van der Waals surface area contributed by atoms with E-state index in [1.54, 1.807) is 11.8 Å². The van der Waals surface area contributed by atoms with Crippen LogP contribution in [0.15, 0.2) is 35.4 Å². The molecular weight excluding hydrogens is 292 g/mol. The Kier molecular flexibility index (Phi) is 4.67. The number of hydrogen-bond donors (Lipinski definition) is 0. The van der Waals surface area contributed by atoms with Crippen molar-refractivity contribution in [3.05, 3.63) is 35.9 Å². The Bertz CT molecular complexity index is 686. The second-order valence-corrected chi connectivity index (χ2v) is 7.14. The molecule has 0 N–H and O–H groups in total. The molecule has 1 aromatic heterocycles. The summed E-state index contributed by atoms with van der Waals surface area (Å²) < 4.78 is 0. The molecule has 1 aromatic carbocycles. The van der Waals surface area contributed by atoms with Gasteiger partial charge in [0.05, 0.1) is 11.3 Å². The predicted molar refractivity (Wildman–Crippen MR) is 92.2 cm³/mol. The van der Waals surface area contributed by atoms with Crippen LogP contribution in [0.2, 0.25) is 0 Å². The molecule has 2 aromatic rings.